The van der Waals surface area contributed by atoms with Crippen molar-refractivity contribution in [3.63, 3.8) is 0 Å². The number of thiophene rings is 1. The molecule has 0 spiro atoms. The van der Waals surface area contributed by atoms with Gasteiger partial charge in [0.15, 0.2) is 5.69 Å². The van der Waals surface area contributed by atoms with Crippen molar-refractivity contribution in [3.05, 3.63) is 98.0 Å². The molecule has 1 amide bonds. The molecule has 0 bridgehead atoms. The van der Waals surface area contributed by atoms with Crippen LogP contribution in [0, 0.1) is 5.82 Å². The number of benzene rings is 2. The van der Waals surface area contributed by atoms with Crippen molar-refractivity contribution < 1.29 is 37.0 Å². The van der Waals surface area contributed by atoms with Crippen LogP contribution in [0.2, 0.25) is 0 Å². The Labute approximate surface area is 270 Å². The maximum Gasteiger partial charge on any atom is 0.510 e. The second-order valence-corrected chi connectivity index (χ2v) is 12.9. The van der Waals surface area contributed by atoms with E-state index in [1.807, 2.05) is 29.3 Å². The third-order valence-electron chi connectivity index (χ3n) is 9.46. The Morgan fingerprint density at radius 2 is 1.87 bits per heavy atom. The van der Waals surface area contributed by atoms with Crippen LogP contribution < -0.4 is 15.2 Å². The number of halogens is 3. The minimum atomic E-state index is -3.45. The first-order valence-electron chi connectivity index (χ1n) is 15.3. The summed E-state index contributed by atoms with van der Waals surface area (Å²) in [5, 5.41) is 3.67. The highest BCUT2D eigenvalue weighted by Gasteiger charge is 2.50. The van der Waals surface area contributed by atoms with Gasteiger partial charge in [-0.2, -0.15) is 0 Å². The van der Waals surface area contributed by atoms with Crippen LogP contribution in [0.4, 0.5) is 18.0 Å². The Kier molecular flexibility index (Phi) is 6.87. The third-order valence-corrected chi connectivity index (χ3v) is 10.5. The van der Waals surface area contributed by atoms with Crippen molar-refractivity contribution >= 4 is 23.4 Å². The first-order valence-corrected chi connectivity index (χ1v) is 16.2. The number of nitrogens with zero attached hydrogens (tertiary/aromatic N) is 3. The predicted octanol–water partition coefficient (Wildman–Crippen LogP) is 6.55. The van der Waals surface area contributed by atoms with Gasteiger partial charge in [0.1, 0.15) is 12.0 Å². The maximum atomic E-state index is 15.9. The van der Waals surface area contributed by atoms with Gasteiger partial charge in [0.2, 0.25) is 18.0 Å². The van der Waals surface area contributed by atoms with E-state index in [-0.39, 0.29) is 17.0 Å². The minimum Gasteiger partial charge on any atom is -0.451 e. The predicted molar refractivity (Wildman–Crippen MR) is 166 cm³/mol. The molecule has 9 nitrogen and oxygen atoms in total. The highest BCUT2D eigenvalue weighted by Crippen LogP contribution is 2.58. The number of aromatic nitrogens is 1. The number of carbonyl (C=O) groups is 2. The lowest BCUT2D eigenvalue weighted by molar-refractivity contribution is -0.00827. The lowest BCUT2D eigenvalue weighted by Gasteiger charge is -2.50. The number of rotatable bonds is 4. The molecular weight excluding hydrogens is 635 g/mol. The van der Waals surface area contributed by atoms with E-state index >= 15 is 13.2 Å². The largest absolute Gasteiger partial charge is 0.510 e. The number of fused-ring (bicyclic) bond motifs is 4. The average molecular weight is 664 g/mol. The van der Waals surface area contributed by atoms with Gasteiger partial charge in [-0.3, -0.25) is 19.3 Å². The van der Waals surface area contributed by atoms with Crippen LogP contribution in [-0.2, 0) is 21.8 Å². The van der Waals surface area contributed by atoms with Crippen molar-refractivity contribution in [2.24, 2.45) is 0 Å². The van der Waals surface area contributed by atoms with Crippen LogP contribution in [0.1, 0.15) is 64.5 Å². The highest BCUT2D eigenvalue weighted by molar-refractivity contribution is 7.14. The van der Waals surface area contributed by atoms with Gasteiger partial charge in [0.05, 0.1) is 18.7 Å². The van der Waals surface area contributed by atoms with E-state index < -0.39 is 60.2 Å². The summed E-state index contributed by atoms with van der Waals surface area (Å²) in [5.74, 6) is -5.20. The van der Waals surface area contributed by atoms with Gasteiger partial charge in [-0.05, 0) is 53.0 Å². The molecule has 13 heteroatoms. The molecule has 8 rings (SSSR count). The fraction of sp³-hybridized carbons (Fsp3) is 0.324. The monoisotopic (exact) mass is 663 g/mol. The molecular formula is C34H28F3N3O6S. The number of ether oxygens (including phenoxy) is 3. The molecule has 2 aliphatic heterocycles. The van der Waals surface area contributed by atoms with E-state index in [1.54, 1.807) is 21.0 Å². The summed E-state index contributed by atoms with van der Waals surface area (Å²) in [4.78, 5) is 41.6. The van der Waals surface area contributed by atoms with E-state index in [4.69, 9.17) is 9.47 Å². The molecule has 4 heterocycles. The molecule has 4 aromatic rings. The molecule has 2 atom stereocenters. The molecule has 47 heavy (non-hydrogen) atoms. The summed E-state index contributed by atoms with van der Waals surface area (Å²) >= 11 is 1.36. The number of hydrogen-bond donors (Lipinski definition) is 0. The van der Waals surface area contributed by atoms with Crippen LogP contribution in [0.25, 0.3) is 21.6 Å². The molecule has 1 fully saturated rings. The van der Waals surface area contributed by atoms with Gasteiger partial charge in [-0.25, -0.2) is 18.0 Å². The van der Waals surface area contributed by atoms with Crippen molar-refractivity contribution in [1.29, 1.82) is 0 Å². The van der Waals surface area contributed by atoms with Crippen molar-refractivity contribution in [2.75, 3.05) is 25.5 Å². The Morgan fingerprint density at radius 1 is 1.04 bits per heavy atom. The van der Waals surface area contributed by atoms with Gasteiger partial charge < -0.3 is 19.1 Å². The van der Waals surface area contributed by atoms with E-state index in [0.29, 0.717) is 29.7 Å². The lowest BCUT2D eigenvalue weighted by atomic mass is 9.80. The van der Waals surface area contributed by atoms with Crippen LogP contribution in [0.5, 0.6) is 5.75 Å². The topological polar surface area (TPSA) is 90.3 Å². The molecule has 2 aliphatic carbocycles. The Bertz CT molecular complexity index is 2030. The van der Waals surface area contributed by atoms with Crippen LogP contribution in [-0.4, -0.2) is 48.3 Å². The van der Waals surface area contributed by atoms with Crippen molar-refractivity contribution in [1.82, 2.24) is 9.58 Å². The average Bonchev–Trinajstić information content (AvgIpc) is 3.23. The second-order valence-electron chi connectivity index (χ2n) is 12.0. The second kappa shape index (κ2) is 10.9. The zero-order valence-electron chi connectivity index (χ0n) is 25.1. The molecule has 0 N–H and O–H groups in total. The molecule has 0 saturated carbocycles. The van der Waals surface area contributed by atoms with Crippen molar-refractivity contribution in [3.8, 4) is 27.3 Å². The lowest BCUT2D eigenvalue weighted by Crippen LogP contribution is -2.62. The van der Waals surface area contributed by atoms with E-state index in [2.05, 4.69) is 4.74 Å². The Balaban J connectivity index is 1.42. The minimum absolute atomic E-state index is 0.0948. The number of amides is 1. The zero-order chi connectivity index (χ0) is 32.6. The zero-order valence-corrected chi connectivity index (χ0v) is 26.0. The number of methoxy groups -OCH3 is 1. The van der Waals surface area contributed by atoms with E-state index in [9.17, 15) is 14.4 Å². The summed E-state index contributed by atoms with van der Waals surface area (Å²) in [6.45, 7) is -0.307. The quantitative estimate of drug-likeness (QED) is 0.181. The molecule has 1 saturated heterocycles. The van der Waals surface area contributed by atoms with Gasteiger partial charge in [0, 0.05) is 41.2 Å². The molecule has 242 valence electrons. The van der Waals surface area contributed by atoms with Crippen LogP contribution in [0.15, 0.2) is 58.8 Å². The summed E-state index contributed by atoms with van der Waals surface area (Å²) in [6.07, 6.45) is 2.23. The van der Waals surface area contributed by atoms with E-state index in [0.717, 1.165) is 48.4 Å². The SMILES string of the molecule is COC(=O)OCOc1c2n(ccc1=O)N([C@@H]1c3ccccc3-c3scc4c3-c3c1ccc(F)c3C(F)(F)C4)[C@@H]1CCCCCN1C2=O. The van der Waals surface area contributed by atoms with Crippen molar-refractivity contribution in [2.45, 2.75) is 50.2 Å². The first-order chi connectivity index (χ1) is 22.7. The van der Waals surface area contributed by atoms with Crippen LogP contribution in [0.3, 0.4) is 0 Å². The van der Waals surface area contributed by atoms with Gasteiger partial charge >= 0.3 is 6.16 Å². The fourth-order valence-corrected chi connectivity index (χ4v) is 8.70. The highest BCUT2D eigenvalue weighted by atomic mass is 32.1. The van der Waals surface area contributed by atoms with Gasteiger partial charge in [-0.15, -0.1) is 11.3 Å². The number of hydrogen-bond acceptors (Lipinski definition) is 8. The standard InChI is InChI=1S/C34H28F3N3O6S/c1-44-33(43)46-17-45-30-23(41)12-14-39-29(30)32(42)38-13-6-2-3-9-24(38)40(39)28-19-7-4-5-8-20(19)31-25-18(16-47-31)15-34(36,37)27-22(35)11-10-21(28)26(25)27/h4-5,7-8,10-12,14,16,24,28H,2-3,6,9,13,15,17H2,1H3/t24-,28-/m1/s1. The van der Waals surface area contributed by atoms with Crippen LogP contribution >= 0.6 is 11.3 Å². The van der Waals surface area contributed by atoms with Gasteiger partial charge in [-0.1, -0.05) is 36.8 Å². The smallest absolute Gasteiger partial charge is 0.451 e. The number of pyridine rings is 1. The third kappa shape index (κ3) is 4.39. The summed E-state index contributed by atoms with van der Waals surface area (Å²) in [6, 6.07) is 10.7. The summed E-state index contributed by atoms with van der Waals surface area (Å²) < 4.78 is 63.9. The summed E-state index contributed by atoms with van der Waals surface area (Å²) in [7, 11) is 1.12. The molecule has 2 aromatic carbocycles. The Hall–Kier alpha value is -4.78. The fourth-order valence-electron chi connectivity index (χ4n) is 7.58. The maximum absolute atomic E-state index is 15.9. The molecule has 0 unspecified atom stereocenters. The number of carbonyl (C=O) groups excluding carboxylic acids is 2. The van der Waals surface area contributed by atoms with Gasteiger partial charge in [0.25, 0.3) is 11.8 Å². The Morgan fingerprint density at radius 3 is 2.70 bits per heavy atom. The molecule has 0 radical (unpaired) electrons. The normalized spacial score (nSPS) is 20.2. The molecule has 4 aliphatic rings. The summed E-state index contributed by atoms with van der Waals surface area (Å²) in [5.41, 5.74) is 1.95. The molecule has 2 aromatic heterocycles. The first kappa shape index (κ1) is 29.6. The van der Waals surface area contributed by atoms with E-state index in [1.165, 1.54) is 23.6 Å². The number of alkyl halides is 2.